The van der Waals surface area contributed by atoms with Crippen molar-refractivity contribution in [2.75, 3.05) is 27.9 Å². The van der Waals surface area contributed by atoms with Crippen molar-refractivity contribution in [3.63, 3.8) is 0 Å². The number of ether oxygens (including phenoxy) is 5. The largest absolute Gasteiger partial charge is 0.493 e. The van der Waals surface area contributed by atoms with Gasteiger partial charge in [-0.15, -0.1) is 0 Å². The van der Waals surface area contributed by atoms with Gasteiger partial charge in [0.15, 0.2) is 18.1 Å². The minimum atomic E-state index is -0.591. The molecule has 0 atom stereocenters. The predicted octanol–water partition coefficient (Wildman–Crippen LogP) is 4.08. The minimum Gasteiger partial charge on any atom is -0.493 e. The molecule has 188 valence electrons. The first-order valence-electron chi connectivity index (χ1n) is 11.0. The zero-order valence-corrected chi connectivity index (χ0v) is 20.8. The van der Waals surface area contributed by atoms with Crippen LogP contribution in [0, 0.1) is 13.8 Å². The van der Waals surface area contributed by atoms with E-state index >= 15 is 0 Å². The van der Waals surface area contributed by atoms with Crippen molar-refractivity contribution in [1.82, 2.24) is 5.43 Å². The van der Waals surface area contributed by atoms with Crippen LogP contribution in [0.4, 0.5) is 0 Å². The van der Waals surface area contributed by atoms with Crippen LogP contribution >= 0.6 is 0 Å². The number of amides is 1. The van der Waals surface area contributed by atoms with Crippen LogP contribution in [0.2, 0.25) is 0 Å². The molecule has 0 aromatic heterocycles. The lowest BCUT2D eigenvalue weighted by Gasteiger charge is -2.13. The Labute approximate surface area is 209 Å². The molecule has 0 aliphatic carbocycles. The summed E-state index contributed by atoms with van der Waals surface area (Å²) in [5.41, 5.74) is 5.42. The van der Waals surface area contributed by atoms with E-state index in [1.54, 1.807) is 24.3 Å². The average Bonchev–Trinajstić information content (AvgIpc) is 2.88. The van der Waals surface area contributed by atoms with E-state index in [1.807, 2.05) is 32.0 Å². The lowest BCUT2D eigenvalue weighted by Crippen LogP contribution is -2.24. The standard InChI is InChI=1S/C27H28N2O7/c1-17-6-11-22(18(2)12-17)35-16-25(30)29-28-15-19-7-9-21(10-8-19)36-27(31)20-13-23(32-3)26(34-5)24(14-20)33-4/h6-15H,16H2,1-5H3,(H,29,30). The molecule has 0 aliphatic rings. The van der Waals surface area contributed by atoms with Crippen LogP contribution in [0.25, 0.3) is 0 Å². The van der Waals surface area contributed by atoms with Gasteiger partial charge in [0.1, 0.15) is 11.5 Å². The number of hydrazone groups is 1. The highest BCUT2D eigenvalue weighted by Gasteiger charge is 2.18. The molecule has 1 amide bonds. The fraction of sp³-hybridized carbons (Fsp3) is 0.222. The summed E-state index contributed by atoms with van der Waals surface area (Å²) in [6.45, 7) is 3.76. The van der Waals surface area contributed by atoms with Crippen molar-refractivity contribution < 1.29 is 33.3 Å². The van der Waals surface area contributed by atoms with Gasteiger partial charge >= 0.3 is 5.97 Å². The topological polar surface area (TPSA) is 105 Å². The number of hydrogen-bond donors (Lipinski definition) is 1. The van der Waals surface area contributed by atoms with Crippen LogP contribution in [0.5, 0.6) is 28.7 Å². The minimum absolute atomic E-state index is 0.156. The monoisotopic (exact) mass is 492 g/mol. The van der Waals surface area contributed by atoms with Crippen LogP contribution in [0.1, 0.15) is 27.0 Å². The summed E-state index contributed by atoms with van der Waals surface area (Å²) < 4.78 is 26.8. The van der Waals surface area contributed by atoms with E-state index in [2.05, 4.69) is 10.5 Å². The Bertz CT molecular complexity index is 1230. The molecule has 0 spiro atoms. The number of carbonyl (C=O) groups excluding carboxylic acids is 2. The van der Waals surface area contributed by atoms with E-state index in [4.69, 9.17) is 23.7 Å². The van der Waals surface area contributed by atoms with E-state index in [-0.39, 0.29) is 18.1 Å². The van der Waals surface area contributed by atoms with Crippen molar-refractivity contribution in [3.05, 3.63) is 76.9 Å². The van der Waals surface area contributed by atoms with Gasteiger partial charge in [0.05, 0.1) is 33.1 Å². The molecule has 0 saturated carbocycles. The Hall–Kier alpha value is -4.53. The van der Waals surface area contributed by atoms with Gasteiger partial charge in [0.2, 0.25) is 5.75 Å². The number of esters is 1. The Kier molecular flexibility index (Phi) is 8.88. The molecule has 1 N–H and O–H groups in total. The Morgan fingerprint density at radius 2 is 1.53 bits per heavy atom. The molecule has 0 unspecified atom stereocenters. The fourth-order valence-corrected chi connectivity index (χ4v) is 3.30. The first kappa shape index (κ1) is 26.1. The number of nitrogens with one attached hydrogen (secondary N) is 1. The van der Waals surface area contributed by atoms with E-state index in [0.717, 1.165) is 11.1 Å². The summed E-state index contributed by atoms with van der Waals surface area (Å²) in [4.78, 5) is 24.6. The van der Waals surface area contributed by atoms with Crippen molar-refractivity contribution in [2.24, 2.45) is 5.10 Å². The zero-order valence-electron chi connectivity index (χ0n) is 20.8. The number of methoxy groups -OCH3 is 3. The normalized spacial score (nSPS) is 10.6. The van der Waals surface area contributed by atoms with Crippen molar-refractivity contribution in [2.45, 2.75) is 13.8 Å². The third-order valence-electron chi connectivity index (χ3n) is 5.08. The second-order valence-electron chi connectivity index (χ2n) is 7.72. The second-order valence-corrected chi connectivity index (χ2v) is 7.72. The molecule has 0 fully saturated rings. The second kappa shape index (κ2) is 12.3. The maximum atomic E-state index is 12.6. The quantitative estimate of drug-likeness (QED) is 0.197. The predicted molar refractivity (Wildman–Crippen MR) is 135 cm³/mol. The van der Waals surface area contributed by atoms with E-state index < -0.39 is 5.97 Å². The van der Waals surface area contributed by atoms with Crippen LogP contribution < -0.4 is 29.1 Å². The molecule has 9 nitrogen and oxygen atoms in total. The van der Waals surface area contributed by atoms with Crippen molar-refractivity contribution >= 4 is 18.1 Å². The zero-order chi connectivity index (χ0) is 26.1. The molecule has 3 aromatic carbocycles. The number of aryl methyl sites for hydroxylation is 2. The third-order valence-corrected chi connectivity index (χ3v) is 5.08. The molecule has 3 aromatic rings. The first-order chi connectivity index (χ1) is 17.3. The third kappa shape index (κ3) is 6.75. The molecule has 9 heteroatoms. The molecule has 0 radical (unpaired) electrons. The van der Waals surface area contributed by atoms with Gasteiger partial charge in [0, 0.05) is 0 Å². The van der Waals surface area contributed by atoms with Crippen molar-refractivity contribution in [3.8, 4) is 28.7 Å². The molecular weight excluding hydrogens is 464 g/mol. The SMILES string of the molecule is COc1cc(C(=O)Oc2ccc(C=NNC(=O)COc3ccc(C)cc3C)cc2)cc(OC)c1OC. The molecule has 36 heavy (non-hydrogen) atoms. The number of rotatable bonds is 10. The average molecular weight is 493 g/mol. The molecule has 0 heterocycles. The maximum absolute atomic E-state index is 12.6. The Morgan fingerprint density at radius 3 is 2.11 bits per heavy atom. The Morgan fingerprint density at radius 1 is 0.861 bits per heavy atom. The van der Waals surface area contributed by atoms with Gasteiger partial charge in [-0.05, 0) is 67.4 Å². The summed E-state index contributed by atoms with van der Waals surface area (Å²) in [5.74, 6) is 1.07. The summed E-state index contributed by atoms with van der Waals surface area (Å²) in [6, 6.07) is 15.4. The Balaban J connectivity index is 1.54. The summed E-state index contributed by atoms with van der Waals surface area (Å²) in [7, 11) is 4.41. The lowest BCUT2D eigenvalue weighted by atomic mass is 10.1. The highest BCUT2D eigenvalue weighted by Crippen LogP contribution is 2.38. The van der Waals surface area contributed by atoms with E-state index in [9.17, 15) is 9.59 Å². The number of hydrogen-bond acceptors (Lipinski definition) is 8. The highest BCUT2D eigenvalue weighted by molar-refractivity contribution is 5.93. The van der Waals surface area contributed by atoms with Crippen LogP contribution in [-0.2, 0) is 4.79 Å². The lowest BCUT2D eigenvalue weighted by molar-refractivity contribution is -0.123. The first-order valence-corrected chi connectivity index (χ1v) is 11.0. The van der Waals surface area contributed by atoms with Gasteiger partial charge in [-0.25, -0.2) is 10.2 Å². The van der Waals surface area contributed by atoms with Crippen LogP contribution in [0.3, 0.4) is 0 Å². The molecule has 3 rings (SSSR count). The molecule has 0 saturated heterocycles. The molecular formula is C27H28N2O7. The van der Waals surface area contributed by atoms with E-state index in [1.165, 1.54) is 39.7 Å². The van der Waals surface area contributed by atoms with Gasteiger partial charge in [0.25, 0.3) is 5.91 Å². The smallest absolute Gasteiger partial charge is 0.343 e. The van der Waals surface area contributed by atoms with Gasteiger partial charge in [-0.1, -0.05) is 17.7 Å². The van der Waals surface area contributed by atoms with Crippen LogP contribution in [0.15, 0.2) is 59.7 Å². The number of benzene rings is 3. The van der Waals surface area contributed by atoms with Gasteiger partial charge in [-0.3, -0.25) is 4.79 Å². The highest BCUT2D eigenvalue weighted by atomic mass is 16.5. The fourth-order valence-electron chi connectivity index (χ4n) is 3.30. The van der Waals surface area contributed by atoms with Crippen LogP contribution in [-0.4, -0.2) is 46.0 Å². The summed E-state index contributed by atoms with van der Waals surface area (Å²) in [5, 5.41) is 3.93. The summed E-state index contributed by atoms with van der Waals surface area (Å²) >= 11 is 0. The number of carbonyl (C=O) groups is 2. The van der Waals surface area contributed by atoms with Gasteiger partial charge < -0.3 is 23.7 Å². The van der Waals surface area contributed by atoms with Crippen molar-refractivity contribution in [1.29, 1.82) is 0 Å². The van der Waals surface area contributed by atoms with E-state index in [0.29, 0.717) is 34.3 Å². The number of nitrogens with zero attached hydrogens (tertiary/aromatic N) is 1. The molecule has 0 bridgehead atoms. The summed E-state index contributed by atoms with van der Waals surface area (Å²) in [6.07, 6.45) is 1.47. The maximum Gasteiger partial charge on any atom is 0.343 e. The van der Waals surface area contributed by atoms with Gasteiger partial charge in [-0.2, -0.15) is 5.10 Å². The molecule has 0 aliphatic heterocycles.